The molecule has 0 aromatic carbocycles. The lowest BCUT2D eigenvalue weighted by Gasteiger charge is -2.40. The van der Waals surface area contributed by atoms with Crippen LogP contribution in [0.1, 0.15) is 72.1 Å². The van der Waals surface area contributed by atoms with Crippen molar-refractivity contribution in [2.45, 2.75) is 83.8 Å². The summed E-state index contributed by atoms with van der Waals surface area (Å²) in [4.78, 5) is 0. The van der Waals surface area contributed by atoms with Crippen molar-refractivity contribution < 1.29 is 10.2 Å². The smallest absolute Gasteiger partial charge is 0.0591 e. The topological polar surface area (TPSA) is 40.5 Å². The Bertz CT molecular complexity index is 340. The van der Waals surface area contributed by atoms with Crippen LogP contribution in [-0.4, -0.2) is 21.9 Å². The highest BCUT2D eigenvalue weighted by Gasteiger charge is 2.47. The third-order valence-corrected chi connectivity index (χ3v) is 5.32. The summed E-state index contributed by atoms with van der Waals surface area (Å²) < 4.78 is 0. The molecule has 1 unspecified atom stereocenters. The number of hydrogen-bond donors (Lipinski definition) is 2. The van der Waals surface area contributed by atoms with Crippen LogP contribution in [0.5, 0.6) is 0 Å². The van der Waals surface area contributed by atoms with E-state index in [0.29, 0.717) is 5.92 Å². The van der Waals surface area contributed by atoms with Crippen LogP contribution in [0, 0.1) is 11.3 Å². The second-order valence-corrected chi connectivity index (χ2v) is 7.46. The molecule has 0 saturated heterocycles. The molecule has 110 valence electrons. The van der Waals surface area contributed by atoms with Crippen molar-refractivity contribution in [1.82, 2.24) is 0 Å². The number of unbranched alkanes of at least 4 members (excludes halogenated alkanes) is 1. The van der Waals surface area contributed by atoms with Crippen molar-refractivity contribution >= 4 is 0 Å². The van der Waals surface area contributed by atoms with Crippen LogP contribution < -0.4 is 0 Å². The van der Waals surface area contributed by atoms with Crippen LogP contribution in [0.3, 0.4) is 0 Å². The fraction of sp³-hybridized carbons (Fsp3) is 0.882. The van der Waals surface area contributed by atoms with Gasteiger partial charge < -0.3 is 10.2 Å². The molecule has 0 aromatic rings. The van der Waals surface area contributed by atoms with E-state index in [9.17, 15) is 10.2 Å². The van der Waals surface area contributed by atoms with Gasteiger partial charge in [-0.2, -0.15) is 0 Å². The zero-order chi connectivity index (χ0) is 14.1. The molecule has 3 atom stereocenters. The third-order valence-electron chi connectivity index (χ3n) is 5.32. The maximum Gasteiger partial charge on any atom is 0.0591 e. The summed E-state index contributed by atoms with van der Waals surface area (Å²) in [6, 6.07) is 0. The van der Waals surface area contributed by atoms with Crippen molar-refractivity contribution in [2.75, 3.05) is 0 Å². The SMILES string of the molecule is CC(C)(O)CCC/C=C1/CC[C@H]2C(O)CCC[C@]12C. The van der Waals surface area contributed by atoms with Gasteiger partial charge in [0.05, 0.1) is 11.7 Å². The van der Waals surface area contributed by atoms with Gasteiger partial charge in [-0.15, -0.1) is 0 Å². The molecule has 2 fully saturated rings. The van der Waals surface area contributed by atoms with Crippen molar-refractivity contribution in [2.24, 2.45) is 11.3 Å². The van der Waals surface area contributed by atoms with Crippen LogP contribution in [0.15, 0.2) is 11.6 Å². The van der Waals surface area contributed by atoms with E-state index in [-0.39, 0.29) is 11.5 Å². The highest BCUT2D eigenvalue weighted by molar-refractivity contribution is 5.22. The Morgan fingerprint density at radius 3 is 2.79 bits per heavy atom. The normalized spacial score (nSPS) is 37.6. The van der Waals surface area contributed by atoms with Gasteiger partial charge in [0, 0.05) is 0 Å². The molecule has 2 rings (SSSR count). The predicted molar refractivity (Wildman–Crippen MR) is 78.9 cm³/mol. The van der Waals surface area contributed by atoms with E-state index in [0.717, 1.165) is 38.5 Å². The van der Waals surface area contributed by atoms with Crippen molar-refractivity contribution in [3.05, 3.63) is 11.6 Å². The zero-order valence-electron chi connectivity index (χ0n) is 12.8. The minimum Gasteiger partial charge on any atom is -0.393 e. The summed E-state index contributed by atoms with van der Waals surface area (Å²) in [5.74, 6) is 0.488. The molecular formula is C17H30O2. The molecule has 2 saturated carbocycles. The molecule has 0 radical (unpaired) electrons. The van der Waals surface area contributed by atoms with E-state index >= 15 is 0 Å². The molecule has 0 aromatic heterocycles. The molecular weight excluding hydrogens is 236 g/mol. The first-order valence-electron chi connectivity index (χ1n) is 7.93. The van der Waals surface area contributed by atoms with Crippen LogP contribution in [0.25, 0.3) is 0 Å². The summed E-state index contributed by atoms with van der Waals surface area (Å²) in [5.41, 5.74) is 1.29. The fourth-order valence-electron chi connectivity index (χ4n) is 4.14. The Morgan fingerprint density at radius 1 is 1.37 bits per heavy atom. The van der Waals surface area contributed by atoms with Gasteiger partial charge in [0.2, 0.25) is 0 Å². The van der Waals surface area contributed by atoms with Gasteiger partial charge in [-0.25, -0.2) is 0 Å². The molecule has 0 bridgehead atoms. The zero-order valence-corrected chi connectivity index (χ0v) is 12.8. The van der Waals surface area contributed by atoms with Crippen molar-refractivity contribution in [1.29, 1.82) is 0 Å². The Kier molecular flexibility index (Phi) is 4.42. The lowest BCUT2D eigenvalue weighted by molar-refractivity contribution is 0.0148. The van der Waals surface area contributed by atoms with E-state index < -0.39 is 5.60 Å². The standard InChI is InChI=1S/C17H30O2/c1-16(2,19)11-5-4-7-13-9-10-14-15(18)8-6-12-17(13,14)3/h7,14-15,18-19H,4-6,8-12H2,1-3H3/b13-7-/t14-,15?,17+/m0/s1. The lowest BCUT2D eigenvalue weighted by Crippen LogP contribution is -2.37. The minimum atomic E-state index is -0.540. The molecule has 0 spiro atoms. The molecule has 0 heterocycles. The van der Waals surface area contributed by atoms with Gasteiger partial charge in [-0.3, -0.25) is 0 Å². The van der Waals surface area contributed by atoms with E-state index in [4.69, 9.17) is 0 Å². The van der Waals surface area contributed by atoms with Gasteiger partial charge in [-0.1, -0.05) is 18.6 Å². The number of rotatable bonds is 4. The van der Waals surface area contributed by atoms with Gasteiger partial charge in [0.1, 0.15) is 0 Å². The molecule has 2 aliphatic carbocycles. The molecule has 0 amide bonds. The van der Waals surface area contributed by atoms with Crippen LogP contribution in [-0.2, 0) is 0 Å². The van der Waals surface area contributed by atoms with Crippen LogP contribution in [0.4, 0.5) is 0 Å². The van der Waals surface area contributed by atoms with E-state index in [2.05, 4.69) is 13.0 Å². The average molecular weight is 266 g/mol. The number of aliphatic hydroxyl groups excluding tert-OH is 1. The number of fused-ring (bicyclic) bond motifs is 1. The Labute approximate surface area is 117 Å². The molecule has 2 heteroatoms. The maximum atomic E-state index is 10.2. The first-order valence-corrected chi connectivity index (χ1v) is 7.93. The number of aliphatic hydroxyl groups is 2. The van der Waals surface area contributed by atoms with Crippen molar-refractivity contribution in [3.63, 3.8) is 0 Å². The first kappa shape index (κ1) is 15.1. The van der Waals surface area contributed by atoms with Gasteiger partial charge in [0.25, 0.3) is 0 Å². The monoisotopic (exact) mass is 266 g/mol. The molecule has 0 aliphatic heterocycles. The lowest BCUT2D eigenvalue weighted by atomic mass is 9.66. The summed E-state index contributed by atoms with van der Waals surface area (Å²) in [5, 5.41) is 19.9. The fourth-order valence-corrected chi connectivity index (χ4v) is 4.14. The molecule has 2 N–H and O–H groups in total. The van der Waals surface area contributed by atoms with E-state index in [1.54, 1.807) is 5.57 Å². The van der Waals surface area contributed by atoms with Crippen LogP contribution >= 0.6 is 0 Å². The third kappa shape index (κ3) is 3.41. The number of hydrogen-bond acceptors (Lipinski definition) is 2. The van der Waals surface area contributed by atoms with E-state index in [1.807, 2.05) is 13.8 Å². The largest absolute Gasteiger partial charge is 0.393 e. The Hall–Kier alpha value is -0.340. The Morgan fingerprint density at radius 2 is 2.11 bits per heavy atom. The average Bonchev–Trinajstić information content (AvgIpc) is 2.62. The van der Waals surface area contributed by atoms with E-state index in [1.165, 1.54) is 12.8 Å². The molecule has 19 heavy (non-hydrogen) atoms. The quantitative estimate of drug-likeness (QED) is 0.600. The molecule has 2 nitrogen and oxygen atoms in total. The predicted octanol–water partition coefficient (Wildman–Crippen LogP) is 3.82. The summed E-state index contributed by atoms with van der Waals surface area (Å²) in [6.45, 7) is 6.12. The summed E-state index contributed by atoms with van der Waals surface area (Å²) in [7, 11) is 0. The summed E-state index contributed by atoms with van der Waals surface area (Å²) in [6.07, 6.45) is 11.0. The number of allylic oxidation sites excluding steroid dienone is 2. The summed E-state index contributed by atoms with van der Waals surface area (Å²) >= 11 is 0. The highest BCUT2D eigenvalue weighted by Crippen LogP contribution is 2.55. The Balaban J connectivity index is 1.94. The second kappa shape index (κ2) is 5.57. The van der Waals surface area contributed by atoms with Crippen molar-refractivity contribution in [3.8, 4) is 0 Å². The molecule has 2 aliphatic rings. The van der Waals surface area contributed by atoms with Gasteiger partial charge in [0.15, 0.2) is 0 Å². The minimum absolute atomic E-state index is 0.0824. The van der Waals surface area contributed by atoms with Gasteiger partial charge in [-0.05, 0) is 76.5 Å². The highest BCUT2D eigenvalue weighted by atomic mass is 16.3. The van der Waals surface area contributed by atoms with Crippen LogP contribution in [0.2, 0.25) is 0 Å². The van der Waals surface area contributed by atoms with Gasteiger partial charge >= 0.3 is 0 Å². The maximum absolute atomic E-state index is 10.2. The first-order chi connectivity index (χ1) is 8.83. The second-order valence-electron chi connectivity index (χ2n) is 7.46.